The summed E-state index contributed by atoms with van der Waals surface area (Å²) in [5.74, 6) is 0.0930. The topological polar surface area (TPSA) is 120 Å². The molecule has 0 heterocycles. The van der Waals surface area contributed by atoms with Crippen molar-refractivity contribution < 1.29 is 14.3 Å². The highest BCUT2D eigenvalue weighted by Crippen LogP contribution is 2.31. The number of benzene rings is 2. The number of ether oxygens (including phenoxy) is 2. The number of hydrogen-bond donors (Lipinski definition) is 2. The summed E-state index contributed by atoms with van der Waals surface area (Å²) in [5.41, 5.74) is 4.18. The smallest absolute Gasteiger partial charge is 0.337 e. The van der Waals surface area contributed by atoms with Crippen LogP contribution in [-0.4, -0.2) is 25.9 Å². The fraction of sp³-hybridized carbons (Fsp3) is 0.111. The number of nitrogens with one attached hydrogen (secondary N) is 2. The zero-order valence-corrected chi connectivity index (χ0v) is 14.1. The Morgan fingerprint density at radius 2 is 1.77 bits per heavy atom. The van der Waals surface area contributed by atoms with Crippen LogP contribution >= 0.6 is 0 Å². The molecule has 0 aliphatic carbocycles. The Hall–Kier alpha value is -4.04. The van der Waals surface area contributed by atoms with E-state index in [0.717, 1.165) is 0 Å². The molecule has 8 nitrogen and oxygen atoms in total. The highest BCUT2D eigenvalue weighted by molar-refractivity contribution is 6.10. The Morgan fingerprint density at radius 3 is 2.42 bits per heavy atom. The van der Waals surface area contributed by atoms with Gasteiger partial charge in [-0.05, 0) is 30.3 Å². The molecular weight excluding hydrogens is 334 g/mol. The van der Waals surface area contributed by atoms with Gasteiger partial charge < -0.3 is 14.8 Å². The molecule has 0 spiro atoms. The average molecular weight is 349 g/mol. The highest BCUT2D eigenvalue weighted by atomic mass is 16.5. The molecule has 2 N–H and O–H groups in total. The minimum Gasteiger partial charge on any atom is -0.495 e. The van der Waals surface area contributed by atoms with E-state index >= 15 is 0 Å². The molecule has 2 aromatic carbocycles. The number of carbonyl (C=O) groups excluding carboxylic acids is 1. The average Bonchev–Trinajstić information content (AvgIpc) is 2.69. The first kappa shape index (κ1) is 18.3. The van der Waals surface area contributed by atoms with E-state index in [-0.39, 0.29) is 11.3 Å². The number of methoxy groups -OCH3 is 2. The second-order valence-corrected chi connectivity index (χ2v) is 4.87. The van der Waals surface area contributed by atoms with Gasteiger partial charge in [-0.1, -0.05) is 12.1 Å². The second kappa shape index (κ2) is 8.71. The lowest BCUT2D eigenvalue weighted by atomic mass is 10.1. The van der Waals surface area contributed by atoms with Crippen molar-refractivity contribution in [2.45, 2.75) is 0 Å². The second-order valence-electron chi connectivity index (χ2n) is 4.87. The SMILES string of the molecule is COC(=O)c1ccc(Nc2ccccc2OC)c(NN=C(C#N)C#N)c1. The maximum atomic E-state index is 11.8. The Kier molecular flexibility index (Phi) is 6.13. The number of hydrazone groups is 1. The summed E-state index contributed by atoms with van der Waals surface area (Å²) in [5, 5.41) is 24.5. The van der Waals surface area contributed by atoms with Crippen LogP contribution in [0.3, 0.4) is 0 Å². The largest absolute Gasteiger partial charge is 0.495 e. The van der Waals surface area contributed by atoms with Gasteiger partial charge in [-0.2, -0.15) is 15.6 Å². The van der Waals surface area contributed by atoms with Crippen molar-refractivity contribution in [1.29, 1.82) is 10.5 Å². The number of nitriles is 2. The van der Waals surface area contributed by atoms with Crippen molar-refractivity contribution in [1.82, 2.24) is 0 Å². The normalized spacial score (nSPS) is 9.23. The van der Waals surface area contributed by atoms with E-state index in [9.17, 15) is 4.79 Å². The molecule has 0 unspecified atom stereocenters. The number of nitrogens with zero attached hydrogens (tertiary/aromatic N) is 3. The van der Waals surface area contributed by atoms with E-state index < -0.39 is 5.97 Å². The number of esters is 1. The number of carbonyl (C=O) groups is 1. The summed E-state index contributed by atoms with van der Waals surface area (Å²) in [6.45, 7) is 0. The van der Waals surface area contributed by atoms with Crippen LogP contribution in [0.4, 0.5) is 17.1 Å². The lowest BCUT2D eigenvalue weighted by Gasteiger charge is -2.15. The number of anilines is 3. The zero-order chi connectivity index (χ0) is 18.9. The molecule has 130 valence electrons. The van der Waals surface area contributed by atoms with E-state index in [0.29, 0.717) is 22.8 Å². The molecular formula is C18H15N5O3. The Balaban J connectivity index is 2.44. The fourth-order valence-electron chi connectivity index (χ4n) is 2.07. The Bertz CT molecular complexity index is 909. The standard InChI is InChI=1S/C18H15N5O3/c1-25-17-6-4-3-5-15(17)21-14-8-7-12(18(24)26-2)9-16(14)23-22-13(10-19)11-20/h3-9,21,23H,1-2H3. The van der Waals surface area contributed by atoms with Gasteiger partial charge in [0.25, 0.3) is 0 Å². The lowest BCUT2D eigenvalue weighted by Crippen LogP contribution is -2.05. The van der Waals surface area contributed by atoms with E-state index in [4.69, 9.17) is 20.0 Å². The van der Waals surface area contributed by atoms with Crippen LogP contribution in [0.25, 0.3) is 0 Å². The van der Waals surface area contributed by atoms with Crippen molar-refractivity contribution >= 4 is 28.7 Å². The quantitative estimate of drug-likeness (QED) is 0.467. The van der Waals surface area contributed by atoms with Crippen LogP contribution in [0.5, 0.6) is 5.75 Å². The third-order valence-electron chi connectivity index (χ3n) is 3.32. The third-order valence-corrected chi connectivity index (χ3v) is 3.32. The summed E-state index contributed by atoms with van der Waals surface area (Å²) in [6.07, 6.45) is 0. The lowest BCUT2D eigenvalue weighted by molar-refractivity contribution is 0.0601. The van der Waals surface area contributed by atoms with E-state index in [1.807, 2.05) is 18.2 Å². The minimum atomic E-state index is -0.526. The fourth-order valence-corrected chi connectivity index (χ4v) is 2.07. The van der Waals surface area contributed by atoms with Gasteiger partial charge in [-0.3, -0.25) is 5.43 Å². The van der Waals surface area contributed by atoms with Crippen LogP contribution in [-0.2, 0) is 4.74 Å². The molecule has 0 radical (unpaired) electrons. The monoisotopic (exact) mass is 349 g/mol. The first-order chi connectivity index (χ1) is 12.6. The summed E-state index contributed by atoms with van der Waals surface area (Å²) in [6, 6.07) is 15.3. The molecule has 0 saturated heterocycles. The number of hydrogen-bond acceptors (Lipinski definition) is 8. The summed E-state index contributed by atoms with van der Waals surface area (Å²) in [4.78, 5) is 11.8. The maximum Gasteiger partial charge on any atom is 0.337 e. The molecule has 0 fully saturated rings. The highest BCUT2D eigenvalue weighted by Gasteiger charge is 2.12. The third kappa shape index (κ3) is 4.28. The molecule has 0 amide bonds. The molecule has 2 aromatic rings. The molecule has 0 atom stereocenters. The predicted octanol–water partition coefficient (Wildman–Crippen LogP) is 3.04. The molecule has 0 bridgehead atoms. The molecule has 0 aliphatic rings. The van der Waals surface area contributed by atoms with Gasteiger partial charge in [0.05, 0.1) is 36.8 Å². The van der Waals surface area contributed by atoms with Crippen molar-refractivity contribution in [3.63, 3.8) is 0 Å². The van der Waals surface area contributed by atoms with Crippen LogP contribution < -0.4 is 15.5 Å². The Morgan fingerprint density at radius 1 is 1.04 bits per heavy atom. The van der Waals surface area contributed by atoms with Gasteiger partial charge in [0.2, 0.25) is 5.71 Å². The van der Waals surface area contributed by atoms with E-state index in [1.54, 1.807) is 37.4 Å². The van der Waals surface area contributed by atoms with Crippen molar-refractivity contribution in [2.75, 3.05) is 25.0 Å². The Labute approximate surface area is 150 Å². The predicted molar refractivity (Wildman–Crippen MR) is 96.3 cm³/mol. The molecule has 8 heteroatoms. The molecule has 0 aromatic heterocycles. The van der Waals surface area contributed by atoms with Crippen LogP contribution in [0, 0.1) is 22.7 Å². The van der Waals surface area contributed by atoms with Gasteiger partial charge in [0, 0.05) is 0 Å². The molecule has 0 saturated carbocycles. The number of rotatable bonds is 6. The van der Waals surface area contributed by atoms with Crippen LogP contribution in [0.15, 0.2) is 47.6 Å². The molecule has 0 aliphatic heterocycles. The van der Waals surface area contributed by atoms with Crippen molar-refractivity contribution in [3.05, 3.63) is 48.0 Å². The van der Waals surface area contributed by atoms with Gasteiger partial charge in [-0.15, -0.1) is 0 Å². The first-order valence-electron chi connectivity index (χ1n) is 7.39. The van der Waals surface area contributed by atoms with Crippen molar-refractivity contribution in [2.24, 2.45) is 5.10 Å². The van der Waals surface area contributed by atoms with Crippen molar-refractivity contribution in [3.8, 4) is 17.9 Å². The zero-order valence-electron chi connectivity index (χ0n) is 14.1. The van der Waals surface area contributed by atoms with Gasteiger partial charge >= 0.3 is 5.97 Å². The first-order valence-corrected chi connectivity index (χ1v) is 7.39. The summed E-state index contributed by atoms with van der Waals surface area (Å²) >= 11 is 0. The summed E-state index contributed by atoms with van der Waals surface area (Å²) in [7, 11) is 2.83. The van der Waals surface area contributed by atoms with E-state index in [1.165, 1.54) is 13.2 Å². The summed E-state index contributed by atoms with van der Waals surface area (Å²) < 4.78 is 10.0. The van der Waals surface area contributed by atoms with Gasteiger partial charge in [-0.25, -0.2) is 4.79 Å². The van der Waals surface area contributed by atoms with E-state index in [2.05, 4.69) is 15.8 Å². The van der Waals surface area contributed by atoms with Crippen LogP contribution in [0.2, 0.25) is 0 Å². The molecule has 2 rings (SSSR count). The van der Waals surface area contributed by atoms with Crippen LogP contribution in [0.1, 0.15) is 10.4 Å². The minimum absolute atomic E-state index is 0.284. The molecule has 26 heavy (non-hydrogen) atoms. The number of para-hydroxylation sites is 2. The van der Waals surface area contributed by atoms with Gasteiger partial charge in [0.15, 0.2) is 0 Å². The maximum absolute atomic E-state index is 11.8. The van der Waals surface area contributed by atoms with Gasteiger partial charge in [0.1, 0.15) is 17.9 Å².